The lowest BCUT2D eigenvalue weighted by Gasteiger charge is -2.16. The molecule has 0 amide bonds. The van der Waals surface area contributed by atoms with Gasteiger partial charge in [-0.2, -0.15) is 0 Å². The molecule has 0 N–H and O–H groups in total. The first-order chi connectivity index (χ1) is 11.2. The first kappa shape index (κ1) is 20.4. The van der Waals surface area contributed by atoms with Crippen LogP contribution in [0.25, 0.3) is 0 Å². The Bertz CT molecular complexity index is 592. The summed E-state index contributed by atoms with van der Waals surface area (Å²) >= 11 is 0. The van der Waals surface area contributed by atoms with E-state index in [2.05, 4.69) is 31.6 Å². The van der Waals surface area contributed by atoms with Crippen molar-refractivity contribution in [3.8, 4) is 0 Å². The number of hydrogen-bond acceptors (Lipinski definition) is 3. The van der Waals surface area contributed by atoms with Crippen molar-refractivity contribution in [2.24, 2.45) is 4.99 Å². The molecule has 0 bridgehead atoms. The van der Waals surface area contributed by atoms with Crippen LogP contribution in [0.1, 0.15) is 34.8 Å². The summed E-state index contributed by atoms with van der Waals surface area (Å²) in [7, 11) is 0.915. The Balaban J connectivity index is 2.74. The molecule has 1 rings (SSSR count). The van der Waals surface area contributed by atoms with Crippen LogP contribution in [0.5, 0.6) is 0 Å². The molecule has 24 heavy (non-hydrogen) atoms. The van der Waals surface area contributed by atoms with Gasteiger partial charge in [0.25, 0.3) is 0 Å². The van der Waals surface area contributed by atoms with Crippen molar-refractivity contribution in [3.63, 3.8) is 0 Å². The molecule has 0 radical (unpaired) electrons. The van der Waals surface area contributed by atoms with Gasteiger partial charge in [-0.05, 0) is 50.5 Å². The summed E-state index contributed by atoms with van der Waals surface area (Å²) in [6.07, 6.45) is 2.77. The van der Waals surface area contributed by atoms with E-state index in [0.717, 1.165) is 29.8 Å². The molecule has 1 aromatic carbocycles. The van der Waals surface area contributed by atoms with E-state index in [9.17, 15) is 4.79 Å². The third-order valence-electron chi connectivity index (χ3n) is 4.18. The van der Waals surface area contributed by atoms with E-state index in [1.165, 1.54) is 6.04 Å². The van der Waals surface area contributed by atoms with Gasteiger partial charge in [-0.3, -0.25) is 0 Å². The molecule has 0 saturated heterocycles. The summed E-state index contributed by atoms with van der Waals surface area (Å²) in [6.45, 7) is 14.4. The number of nitrogens with zero attached hydrogens (tertiary/aromatic N) is 2. The second-order valence-electron chi connectivity index (χ2n) is 7.50. The number of rotatable bonds is 8. The molecule has 0 aliphatic heterocycles. The highest BCUT2D eigenvalue weighted by atomic mass is 28.3. The van der Waals surface area contributed by atoms with Crippen molar-refractivity contribution in [2.75, 3.05) is 20.2 Å². The maximum atomic E-state index is 12.3. The van der Waals surface area contributed by atoms with Gasteiger partial charge in [0.05, 0.1) is 24.2 Å². The van der Waals surface area contributed by atoms with Gasteiger partial charge in [0.15, 0.2) is 0 Å². The molecule has 4 nitrogen and oxygen atoms in total. The molecule has 0 aliphatic rings. The smallest absolute Gasteiger partial charge is 0.338 e. The quantitative estimate of drug-likeness (QED) is 0.223. The summed E-state index contributed by atoms with van der Waals surface area (Å²) in [5, 5.41) is 0. The number of hydrogen-bond donors (Lipinski definition) is 0. The van der Waals surface area contributed by atoms with E-state index >= 15 is 0 Å². The fourth-order valence-corrected chi connectivity index (χ4v) is 3.46. The minimum absolute atomic E-state index is 0.229. The van der Waals surface area contributed by atoms with E-state index in [0.29, 0.717) is 12.2 Å². The molecule has 5 heteroatoms. The van der Waals surface area contributed by atoms with Crippen molar-refractivity contribution in [1.82, 2.24) is 4.90 Å². The second kappa shape index (κ2) is 9.02. The topological polar surface area (TPSA) is 41.9 Å². The molecular weight excluding hydrogens is 316 g/mol. The monoisotopic (exact) mass is 348 g/mol. The van der Waals surface area contributed by atoms with E-state index < -0.39 is 8.07 Å². The highest BCUT2D eigenvalue weighted by Gasteiger charge is 2.16. The molecule has 0 saturated carbocycles. The van der Waals surface area contributed by atoms with Crippen LogP contribution in [0, 0.1) is 13.8 Å². The summed E-state index contributed by atoms with van der Waals surface area (Å²) in [5.74, 6) is -0.229. The highest BCUT2D eigenvalue weighted by molar-refractivity contribution is 6.76. The van der Waals surface area contributed by atoms with E-state index in [1.807, 2.05) is 44.3 Å². The van der Waals surface area contributed by atoms with Gasteiger partial charge in [-0.25, -0.2) is 9.79 Å². The van der Waals surface area contributed by atoms with Crippen LogP contribution in [-0.4, -0.2) is 45.5 Å². The summed E-state index contributed by atoms with van der Waals surface area (Å²) < 4.78 is 5.45. The zero-order valence-corrected chi connectivity index (χ0v) is 17.3. The standard InChI is InChI=1S/C19H32N2O2Si/c1-8-21(4)14-20-18-11-10-17(15(2)16(18)3)19(22)23-12-9-13-24(5,6)7/h10-11,14H,8-9,12-13H2,1-7H3. The lowest BCUT2D eigenvalue weighted by molar-refractivity contribution is 0.0504. The Labute approximate surface area is 147 Å². The Morgan fingerprint density at radius 3 is 2.50 bits per heavy atom. The first-order valence-corrected chi connectivity index (χ1v) is 12.4. The van der Waals surface area contributed by atoms with E-state index in [1.54, 1.807) is 0 Å². The van der Waals surface area contributed by atoms with Gasteiger partial charge in [0.1, 0.15) is 0 Å². The van der Waals surface area contributed by atoms with Gasteiger partial charge in [-0.15, -0.1) is 0 Å². The van der Waals surface area contributed by atoms with Crippen molar-refractivity contribution < 1.29 is 9.53 Å². The van der Waals surface area contributed by atoms with Gasteiger partial charge in [-0.1, -0.05) is 25.7 Å². The first-order valence-electron chi connectivity index (χ1n) is 8.67. The van der Waals surface area contributed by atoms with E-state index in [-0.39, 0.29) is 5.97 Å². The van der Waals surface area contributed by atoms with Gasteiger partial charge < -0.3 is 9.64 Å². The van der Waals surface area contributed by atoms with Crippen LogP contribution in [0.4, 0.5) is 5.69 Å². The van der Waals surface area contributed by atoms with Crippen LogP contribution >= 0.6 is 0 Å². The predicted octanol–water partition coefficient (Wildman–Crippen LogP) is 4.80. The minimum atomic E-state index is -1.07. The van der Waals surface area contributed by atoms with Crippen molar-refractivity contribution in [3.05, 3.63) is 28.8 Å². The fraction of sp³-hybridized carbons (Fsp3) is 0.579. The van der Waals surface area contributed by atoms with Gasteiger partial charge in [0.2, 0.25) is 0 Å². The summed E-state index contributed by atoms with van der Waals surface area (Å²) in [5.41, 5.74) is 3.50. The second-order valence-corrected chi connectivity index (χ2v) is 13.1. The third kappa shape index (κ3) is 6.47. The maximum absolute atomic E-state index is 12.3. The van der Waals surface area contributed by atoms with Crippen LogP contribution < -0.4 is 0 Å². The average molecular weight is 349 g/mol. The molecule has 0 heterocycles. The largest absolute Gasteiger partial charge is 0.462 e. The van der Waals surface area contributed by atoms with Gasteiger partial charge >= 0.3 is 5.97 Å². The predicted molar refractivity (Wildman–Crippen MR) is 105 cm³/mol. The molecule has 0 atom stereocenters. The molecule has 0 fully saturated rings. The fourth-order valence-electron chi connectivity index (χ4n) is 2.25. The number of esters is 1. The zero-order valence-electron chi connectivity index (χ0n) is 16.3. The molecule has 0 aliphatic carbocycles. The normalized spacial score (nSPS) is 11.8. The number of benzene rings is 1. The van der Waals surface area contributed by atoms with Gasteiger partial charge in [0, 0.05) is 21.7 Å². The minimum Gasteiger partial charge on any atom is -0.462 e. The molecule has 0 spiro atoms. The van der Waals surface area contributed by atoms with Crippen LogP contribution in [0.2, 0.25) is 25.7 Å². The maximum Gasteiger partial charge on any atom is 0.338 e. The Kier molecular flexibility index (Phi) is 7.67. The van der Waals surface area contributed by atoms with Crippen molar-refractivity contribution in [1.29, 1.82) is 0 Å². The number of carbonyl (C=O) groups is 1. The molecule has 0 aromatic heterocycles. The molecule has 0 unspecified atom stereocenters. The van der Waals surface area contributed by atoms with Crippen LogP contribution in [-0.2, 0) is 4.74 Å². The van der Waals surface area contributed by atoms with Crippen LogP contribution in [0.15, 0.2) is 17.1 Å². The summed E-state index contributed by atoms with van der Waals surface area (Å²) in [6, 6.07) is 4.89. The lowest BCUT2D eigenvalue weighted by Crippen LogP contribution is -2.20. The zero-order chi connectivity index (χ0) is 18.3. The number of aliphatic imine (C=N–C) groups is 1. The van der Waals surface area contributed by atoms with Crippen molar-refractivity contribution in [2.45, 2.75) is 52.9 Å². The van der Waals surface area contributed by atoms with Crippen molar-refractivity contribution >= 4 is 26.1 Å². The lowest BCUT2D eigenvalue weighted by atomic mass is 10.0. The molecule has 134 valence electrons. The number of carbonyl (C=O) groups excluding carboxylic acids is 1. The van der Waals surface area contributed by atoms with E-state index in [4.69, 9.17) is 4.74 Å². The Morgan fingerprint density at radius 1 is 1.25 bits per heavy atom. The number of ether oxygens (including phenoxy) is 1. The highest BCUT2D eigenvalue weighted by Crippen LogP contribution is 2.25. The molecule has 1 aromatic rings. The molecular formula is C19H32N2O2Si. The average Bonchev–Trinajstić information content (AvgIpc) is 2.51. The SMILES string of the molecule is CCN(C)C=Nc1ccc(C(=O)OCCC[Si](C)(C)C)c(C)c1C. The Hall–Kier alpha value is -1.62. The summed E-state index contributed by atoms with van der Waals surface area (Å²) in [4.78, 5) is 18.8. The Morgan fingerprint density at radius 2 is 1.92 bits per heavy atom. The third-order valence-corrected chi connectivity index (χ3v) is 6.03. The van der Waals surface area contributed by atoms with Crippen LogP contribution in [0.3, 0.4) is 0 Å².